The predicted octanol–water partition coefficient (Wildman–Crippen LogP) is 2.60. The molecule has 1 N–H and O–H groups in total. The molecule has 0 atom stereocenters. The highest BCUT2D eigenvalue weighted by Crippen LogP contribution is 2.32. The first-order valence-electron chi connectivity index (χ1n) is 4.95. The molecule has 1 aliphatic heterocycles. The number of rotatable bonds is 0. The van der Waals surface area contributed by atoms with Gasteiger partial charge in [-0.3, -0.25) is 4.79 Å². The summed E-state index contributed by atoms with van der Waals surface area (Å²) in [7, 11) is 0. The molecular weight excluding hydrogens is 174 g/mol. The molecule has 0 fully saturated rings. The van der Waals surface area contributed by atoms with Gasteiger partial charge in [0.2, 0.25) is 5.91 Å². The van der Waals surface area contributed by atoms with Crippen molar-refractivity contribution in [3.05, 3.63) is 29.8 Å². The first-order valence-corrected chi connectivity index (χ1v) is 4.95. The number of carbonyl (C=O) groups excluding carboxylic acids is 1. The zero-order valence-corrected chi connectivity index (χ0v) is 8.63. The van der Waals surface area contributed by atoms with Gasteiger partial charge in [0, 0.05) is 12.1 Å². The van der Waals surface area contributed by atoms with E-state index in [4.69, 9.17) is 0 Å². The van der Waals surface area contributed by atoms with Crippen molar-refractivity contribution in [1.82, 2.24) is 0 Å². The summed E-state index contributed by atoms with van der Waals surface area (Å²) < 4.78 is 0. The summed E-state index contributed by atoms with van der Waals surface area (Å²) >= 11 is 0. The molecule has 1 amide bonds. The zero-order chi connectivity index (χ0) is 10.2. The Morgan fingerprint density at radius 3 is 2.71 bits per heavy atom. The monoisotopic (exact) mass is 189 g/mol. The number of benzene rings is 1. The van der Waals surface area contributed by atoms with E-state index in [1.807, 2.05) is 18.2 Å². The summed E-state index contributed by atoms with van der Waals surface area (Å²) in [6.45, 7) is 4.27. The lowest BCUT2D eigenvalue weighted by molar-refractivity contribution is -0.117. The third-order valence-corrected chi connectivity index (χ3v) is 2.60. The first kappa shape index (κ1) is 9.25. The molecule has 14 heavy (non-hydrogen) atoms. The number of carbonyl (C=O) groups is 1. The van der Waals surface area contributed by atoms with Crippen LogP contribution in [0, 0.1) is 5.41 Å². The number of amides is 1. The molecule has 1 heterocycles. The van der Waals surface area contributed by atoms with E-state index in [9.17, 15) is 4.79 Å². The van der Waals surface area contributed by atoms with Gasteiger partial charge in [-0.15, -0.1) is 0 Å². The van der Waals surface area contributed by atoms with E-state index in [1.54, 1.807) is 0 Å². The lowest BCUT2D eigenvalue weighted by Gasteiger charge is -2.20. The van der Waals surface area contributed by atoms with Crippen LogP contribution in [0.2, 0.25) is 0 Å². The molecule has 0 saturated carbocycles. The van der Waals surface area contributed by atoms with Gasteiger partial charge in [-0.05, 0) is 23.5 Å². The van der Waals surface area contributed by atoms with Crippen LogP contribution in [0.4, 0.5) is 5.69 Å². The minimum Gasteiger partial charge on any atom is -0.326 e. The van der Waals surface area contributed by atoms with Gasteiger partial charge in [0.1, 0.15) is 0 Å². The van der Waals surface area contributed by atoms with Gasteiger partial charge in [-0.2, -0.15) is 0 Å². The van der Waals surface area contributed by atoms with E-state index < -0.39 is 0 Å². The van der Waals surface area contributed by atoms with Gasteiger partial charge in [-0.25, -0.2) is 0 Å². The minimum absolute atomic E-state index is 0.0662. The average molecular weight is 189 g/mol. The van der Waals surface area contributed by atoms with Crippen LogP contribution in [0.3, 0.4) is 0 Å². The van der Waals surface area contributed by atoms with Gasteiger partial charge in [-0.1, -0.05) is 32.0 Å². The standard InChI is InChI=1S/C12H15NO/c1-12(2)7-9-5-3-4-6-10(9)13-11(14)8-12/h3-6H,7-8H2,1-2H3,(H,13,14). The number of para-hydroxylation sites is 1. The molecule has 74 valence electrons. The Hall–Kier alpha value is -1.31. The van der Waals surface area contributed by atoms with Crippen LogP contribution in [-0.4, -0.2) is 5.91 Å². The highest BCUT2D eigenvalue weighted by molar-refractivity contribution is 5.92. The molecule has 2 heteroatoms. The SMILES string of the molecule is CC1(C)CC(=O)Nc2ccccc2C1. The summed E-state index contributed by atoms with van der Waals surface area (Å²) in [6, 6.07) is 8.03. The van der Waals surface area contributed by atoms with Gasteiger partial charge < -0.3 is 5.32 Å². The van der Waals surface area contributed by atoms with Gasteiger partial charge in [0.05, 0.1) is 0 Å². The molecule has 0 aromatic heterocycles. The maximum Gasteiger partial charge on any atom is 0.224 e. The lowest BCUT2D eigenvalue weighted by atomic mass is 9.83. The number of anilines is 1. The maximum absolute atomic E-state index is 11.6. The van der Waals surface area contributed by atoms with Crippen molar-refractivity contribution in [3.63, 3.8) is 0 Å². The van der Waals surface area contributed by atoms with Crippen LogP contribution in [0.25, 0.3) is 0 Å². The van der Waals surface area contributed by atoms with E-state index >= 15 is 0 Å². The van der Waals surface area contributed by atoms with Crippen LogP contribution in [-0.2, 0) is 11.2 Å². The van der Waals surface area contributed by atoms with Crippen molar-refractivity contribution in [2.24, 2.45) is 5.41 Å². The quantitative estimate of drug-likeness (QED) is 0.667. The molecule has 1 aliphatic rings. The molecule has 2 nitrogen and oxygen atoms in total. The summed E-state index contributed by atoms with van der Waals surface area (Å²) in [4.78, 5) is 11.6. The fourth-order valence-corrected chi connectivity index (χ4v) is 2.00. The third kappa shape index (κ3) is 1.79. The van der Waals surface area contributed by atoms with Crippen LogP contribution in [0.5, 0.6) is 0 Å². The first-order chi connectivity index (χ1) is 6.57. The Balaban J connectivity index is 2.42. The number of fused-ring (bicyclic) bond motifs is 1. The van der Waals surface area contributed by atoms with Crippen LogP contribution in [0.1, 0.15) is 25.8 Å². The molecule has 0 bridgehead atoms. The van der Waals surface area contributed by atoms with E-state index in [0.717, 1.165) is 12.1 Å². The summed E-state index contributed by atoms with van der Waals surface area (Å²) in [5.74, 6) is 0.125. The maximum atomic E-state index is 11.6. The van der Waals surface area contributed by atoms with Crippen molar-refractivity contribution < 1.29 is 4.79 Å². The molecular formula is C12H15NO. The summed E-state index contributed by atoms with van der Waals surface area (Å²) in [5, 5.41) is 2.94. The summed E-state index contributed by atoms with van der Waals surface area (Å²) in [6.07, 6.45) is 1.56. The fourth-order valence-electron chi connectivity index (χ4n) is 2.00. The van der Waals surface area contributed by atoms with E-state index in [0.29, 0.717) is 6.42 Å². The topological polar surface area (TPSA) is 29.1 Å². The normalized spacial score (nSPS) is 19.4. The number of nitrogens with one attached hydrogen (secondary N) is 1. The fraction of sp³-hybridized carbons (Fsp3) is 0.417. The van der Waals surface area contributed by atoms with Gasteiger partial charge in [0.25, 0.3) is 0 Å². The van der Waals surface area contributed by atoms with Crippen LogP contribution in [0.15, 0.2) is 24.3 Å². The van der Waals surface area contributed by atoms with Crippen molar-refractivity contribution in [1.29, 1.82) is 0 Å². The molecule has 0 aliphatic carbocycles. The minimum atomic E-state index is 0.0662. The molecule has 0 saturated heterocycles. The predicted molar refractivity (Wildman–Crippen MR) is 57.2 cm³/mol. The number of hydrogen-bond donors (Lipinski definition) is 1. The molecule has 1 aromatic carbocycles. The second-order valence-corrected chi connectivity index (χ2v) is 4.72. The highest BCUT2D eigenvalue weighted by atomic mass is 16.1. The van der Waals surface area contributed by atoms with Crippen molar-refractivity contribution in [2.45, 2.75) is 26.7 Å². The van der Waals surface area contributed by atoms with Crippen molar-refractivity contribution in [3.8, 4) is 0 Å². The average Bonchev–Trinajstić information content (AvgIpc) is 2.16. The van der Waals surface area contributed by atoms with Gasteiger partial charge >= 0.3 is 0 Å². The smallest absolute Gasteiger partial charge is 0.224 e. The Labute approximate surface area is 84.3 Å². The second-order valence-electron chi connectivity index (χ2n) is 4.72. The van der Waals surface area contributed by atoms with Crippen molar-refractivity contribution >= 4 is 11.6 Å². The Kier molecular flexibility index (Phi) is 2.06. The Morgan fingerprint density at radius 2 is 1.93 bits per heavy atom. The van der Waals surface area contributed by atoms with Gasteiger partial charge in [0.15, 0.2) is 0 Å². The third-order valence-electron chi connectivity index (χ3n) is 2.60. The van der Waals surface area contributed by atoms with Crippen molar-refractivity contribution in [2.75, 3.05) is 5.32 Å². The number of hydrogen-bond acceptors (Lipinski definition) is 1. The molecule has 0 spiro atoms. The largest absolute Gasteiger partial charge is 0.326 e. The molecule has 2 rings (SSSR count). The van der Waals surface area contributed by atoms with E-state index in [1.165, 1.54) is 5.56 Å². The van der Waals surface area contributed by atoms with E-state index in [2.05, 4.69) is 25.2 Å². The van der Waals surface area contributed by atoms with Crippen LogP contribution >= 0.6 is 0 Å². The Morgan fingerprint density at radius 1 is 1.21 bits per heavy atom. The molecule has 0 radical (unpaired) electrons. The zero-order valence-electron chi connectivity index (χ0n) is 8.63. The summed E-state index contributed by atoms with van der Waals surface area (Å²) in [5.41, 5.74) is 2.28. The van der Waals surface area contributed by atoms with E-state index in [-0.39, 0.29) is 11.3 Å². The molecule has 0 unspecified atom stereocenters. The molecule has 1 aromatic rings. The lowest BCUT2D eigenvalue weighted by Crippen LogP contribution is -2.19. The highest BCUT2D eigenvalue weighted by Gasteiger charge is 2.27. The Bertz CT molecular complexity index is 368. The second kappa shape index (κ2) is 3.12. The van der Waals surface area contributed by atoms with Crippen LogP contribution < -0.4 is 5.32 Å².